The summed E-state index contributed by atoms with van der Waals surface area (Å²) in [4.78, 5) is 18.3. The number of halogens is 5. The maximum atomic E-state index is 14.5. The Bertz CT molecular complexity index is 1040. The van der Waals surface area contributed by atoms with E-state index >= 15 is 0 Å². The quantitative estimate of drug-likeness (QED) is 0.570. The molecule has 0 unspecified atom stereocenters. The van der Waals surface area contributed by atoms with Crippen LogP contribution < -0.4 is 15.0 Å². The summed E-state index contributed by atoms with van der Waals surface area (Å²) in [5.74, 6) is -3.55. The first-order valence-corrected chi connectivity index (χ1v) is 10.9. The van der Waals surface area contributed by atoms with Gasteiger partial charge in [0.2, 0.25) is 0 Å². The second kappa shape index (κ2) is 7.88. The van der Waals surface area contributed by atoms with Crippen LogP contribution in [-0.2, 0) is 6.42 Å². The van der Waals surface area contributed by atoms with E-state index in [1.807, 2.05) is 0 Å². The Morgan fingerprint density at radius 3 is 2.36 bits per heavy atom. The highest BCUT2D eigenvalue weighted by Gasteiger charge is 2.57. The van der Waals surface area contributed by atoms with Crippen molar-refractivity contribution in [2.45, 2.75) is 44.7 Å². The molecule has 0 atom stereocenters. The lowest BCUT2D eigenvalue weighted by Gasteiger charge is -2.61. The van der Waals surface area contributed by atoms with Crippen LogP contribution in [-0.4, -0.2) is 36.8 Å². The van der Waals surface area contributed by atoms with Crippen molar-refractivity contribution >= 4 is 17.6 Å². The molecule has 1 N–H and O–H groups in total. The van der Waals surface area contributed by atoms with E-state index < -0.39 is 47.3 Å². The van der Waals surface area contributed by atoms with E-state index in [1.165, 1.54) is 0 Å². The lowest BCUT2D eigenvalue weighted by molar-refractivity contribution is -0.132. The van der Waals surface area contributed by atoms with Crippen molar-refractivity contribution < 1.29 is 35.9 Å². The molecule has 6 nitrogen and oxygen atoms in total. The molecule has 33 heavy (non-hydrogen) atoms. The Morgan fingerprint density at radius 2 is 1.82 bits per heavy atom. The van der Waals surface area contributed by atoms with Gasteiger partial charge in [-0.15, -0.1) is 0 Å². The zero-order chi connectivity index (χ0) is 23.4. The van der Waals surface area contributed by atoms with Crippen LogP contribution in [0.4, 0.5) is 33.7 Å². The number of oxazole rings is 1. The second-order valence-corrected chi connectivity index (χ2v) is 9.24. The molecule has 1 aliphatic heterocycles. The molecule has 3 saturated carbocycles. The van der Waals surface area contributed by atoms with Crippen LogP contribution in [0.15, 0.2) is 16.5 Å². The minimum atomic E-state index is -4.63. The van der Waals surface area contributed by atoms with E-state index in [-0.39, 0.29) is 23.7 Å². The molecule has 6 rings (SSSR count). The fourth-order valence-electron chi connectivity index (χ4n) is 4.88. The summed E-state index contributed by atoms with van der Waals surface area (Å²) >= 11 is 0. The predicted molar refractivity (Wildman–Crippen MR) is 107 cm³/mol. The van der Waals surface area contributed by atoms with Crippen molar-refractivity contribution in [3.63, 3.8) is 0 Å². The molecule has 1 aromatic carbocycles. The van der Waals surface area contributed by atoms with Crippen LogP contribution in [0.25, 0.3) is 0 Å². The van der Waals surface area contributed by atoms with Crippen molar-refractivity contribution in [3.05, 3.63) is 35.2 Å². The van der Waals surface area contributed by atoms with Crippen LogP contribution >= 0.6 is 0 Å². The molecule has 0 spiro atoms. The molecule has 178 valence electrons. The number of alkyl halides is 3. The number of nitrogens with one attached hydrogen (secondary N) is 1. The van der Waals surface area contributed by atoms with Crippen LogP contribution in [0.2, 0.25) is 0 Å². The van der Waals surface area contributed by atoms with E-state index in [0.717, 1.165) is 44.2 Å². The average molecular weight is 471 g/mol. The van der Waals surface area contributed by atoms with Gasteiger partial charge < -0.3 is 19.4 Å². The summed E-state index contributed by atoms with van der Waals surface area (Å²) in [7, 11) is 0. The first-order valence-electron chi connectivity index (χ1n) is 10.9. The van der Waals surface area contributed by atoms with E-state index in [1.54, 1.807) is 4.90 Å². The highest BCUT2D eigenvalue weighted by Crippen LogP contribution is 2.64. The minimum Gasteiger partial charge on any atom is -0.487 e. The number of rotatable bonds is 7. The van der Waals surface area contributed by atoms with Gasteiger partial charge in [0, 0.05) is 36.3 Å². The lowest BCUT2D eigenvalue weighted by Crippen LogP contribution is -2.55. The number of ether oxygens (including phenoxy) is 1. The number of carbonyl (C=O) groups is 1. The third kappa shape index (κ3) is 4.37. The zero-order valence-corrected chi connectivity index (χ0v) is 17.6. The van der Waals surface area contributed by atoms with Crippen molar-refractivity contribution in [1.82, 2.24) is 4.98 Å². The predicted octanol–water partition coefficient (Wildman–Crippen LogP) is 5.09. The molecule has 0 radical (unpaired) electrons. The Kier molecular flexibility index (Phi) is 5.24. The Labute approximate surface area is 186 Å². The molecule has 1 amide bonds. The van der Waals surface area contributed by atoms with Crippen LogP contribution in [0.5, 0.6) is 5.75 Å². The molecule has 11 heteroatoms. The average Bonchev–Trinajstić information content (AvgIpc) is 3.29. The van der Waals surface area contributed by atoms with Gasteiger partial charge in [0.25, 0.3) is 11.9 Å². The summed E-state index contributed by atoms with van der Waals surface area (Å²) in [6.45, 7) is 1.32. The number of amides is 1. The maximum Gasteiger partial charge on any atom is 0.396 e. The summed E-state index contributed by atoms with van der Waals surface area (Å²) in [5.41, 5.74) is -0.818. The molecular weight excluding hydrogens is 449 g/mol. The Morgan fingerprint density at radius 1 is 1.18 bits per heavy atom. The van der Waals surface area contributed by atoms with Crippen molar-refractivity contribution in [3.8, 4) is 5.75 Å². The third-order valence-corrected chi connectivity index (χ3v) is 6.58. The van der Waals surface area contributed by atoms with Gasteiger partial charge in [-0.2, -0.15) is 18.2 Å². The summed E-state index contributed by atoms with van der Waals surface area (Å²) in [6, 6.07) is 1.65. The van der Waals surface area contributed by atoms with Gasteiger partial charge in [-0.1, -0.05) is 0 Å². The SMILES string of the molecule is O=C(Nc1cc(F)c(OCC23CC(C2)C3)c(F)c1)c1nc(N2CCCC2)oc1CC(F)(F)F. The molecule has 2 aromatic rings. The second-order valence-electron chi connectivity index (χ2n) is 9.24. The molecule has 4 aliphatic rings. The number of aromatic nitrogens is 1. The number of nitrogens with zero attached hydrogens (tertiary/aromatic N) is 2. The number of hydrogen-bond donors (Lipinski definition) is 1. The highest BCUT2D eigenvalue weighted by atomic mass is 19.4. The number of anilines is 2. The van der Waals surface area contributed by atoms with E-state index in [2.05, 4.69) is 10.3 Å². The maximum absolute atomic E-state index is 14.5. The van der Waals surface area contributed by atoms with E-state index in [9.17, 15) is 26.7 Å². The fourth-order valence-corrected chi connectivity index (χ4v) is 4.88. The summed E-state index contributed by atoms with van der Waals surface area (Å²) in [5, 5.41) is 2.22. The van der Waals surface area contributed by atoms with Gasteiger partial charge in [-0.25, -0.2) is 8.78 Å². The number of benzene rings is 1. The molecule has 2 bridgehead atoms. The zero-order valence-electron chi connectivity index (χ0n) is 17.6. The monoisotopic (exact) mass is 471 g/mol. The first-order chi connectivity index (χ1) is 15.6. The van der Waals surface area contributed by atoms with Crippen molar-refractivity contribution in [2.24, 2.45) is 11.3 Å². The molecule has 1 saturated heterocycles. The van der Waals surface area contributed by atoms with Crippen LogP contribution in [0, 0.1) is 23.0 Å². The van der Waals surface area contributed by atoms with Gasteiger partial charge in [-0.3, -0.25) is 4.79 Å². The topological polar surface area (TPSA) is 67.6 Å². The molecule has 3 aliphatic carbocycles. The molecular formula is C22H22F5N3O3. The summed E-state index contributed by atoms with van der Waals surface area (Å²) in [6.07, 6.45) is -1.46. The minimum absolute atomic E-state index is 0.0192. The van der Waals surface area contributed by atoms with E-state index in [0.29, 0.717) is 19.0 Å². The molecule has 4 fully saturated rings. The van der Waals surface area contributed by atoms with Gasteiger partial charge in [0.1, 0.15) is 12.2 Å². The van der Waals surface area contributed by atoms with Crippen LogP contribution in [0.3, 0.4) is 0 Å². The Hall–Kier alpha value is -2.85. The van der Waals surface area contributed by atoms with Gasteiger partial charge >= 0.3 is 6.18 Å². The van der Waals surface area contributed by atoms with Crippen LogP contribution in [0.1, 0.15) is 48.4 Å². The smallest absolute Gasteiger partial charge is 0.396 e. The fraction of sp³-hybridized carbons (Fsp3) is 0.545. The molecule has 2 heterocycles. The van der Waals surface area contributed by atoms with Gasteiger partial charge in [0.05, 0.1) is 6.61 Å². The first kappa shape index (κ1) is 22.0. The van der Waals surface area contributed by atoms with Crippen molar-refractivity contribution in [2.75, 3.05) is 29.9 Å². The van der Waals surface area contributed by atoms with Gasteiger partial charge in [-0.05, 0) is 38.0 Å². The molecule has 1 aromatic heterocycles. The largest absolute Gasteiger partial charge is 0.487 e. The lowest BCUT2D eigenvalue weighted by atomic mass is 9.45. The van der Waals surface area contributed by atoms with Gasteiger partial charge in [0.15, 0.2) is 23.1 Å². The van der Waals surface area contributed by atoms with E-state index in [4.69, 9.17) is 9.15 Å². The standard InChI is InChI=1S/C22H22F5N3O3/c23-14-5-13(6-15(24)18(14)32-11-21-7-12(8-21)9-21)28-19(31)17-16(10-22(25,26)27)33-20(29-17)30-3-1-2-4-30/h5-6,12H,1-4,7-11H2,(H,28,31). The number of hydrogen-bond acceptors (Lipinski definition) is 5. The highest BCUT2D eigenvalue weighted by molar-refractivity contribution is 6.03. The number of carbonyl (C=O) groups excluding carboxylic acids is 1. The Balaban J connectivity index is 1.32. The summed E-state index contributed by atoms with van der Waals surface area (Å²) < 4.78 is 78.6. The normalized spacial score (nSPS) is 23.8. The third-order valence-electron chi connectivity index (χ3n) is 6.58. The van der Waals surface area contributed by atoms with Crippen molar-refractivity contribution in [1.29, 1.82) is 0 Å².